The van der Waals surface area contributed by atoms with E-state index in [4.69, 9.17) is 9.47 Å². The van der Waals surface area contributed by atoms with Crippen molar-refractivity contribution >= 4 is 5.78 Å². The summed E-state index contributed by atoms with van der Waals surface area (Å²) < 4.78 is 10.7. The number of hydrogen-bond acceptors (Lipinski definition) is 4. The van der Waals surface area contributed by atoms with Crippen LogP contribution in [0.2, 0.25) is 0 Å². The van der Waals surface area contributed by atoms with Gasteiger partial charge in [0.2, 0.25) is 0 Å². The van der Waals surface area contributed by atoms with E-state index in [1.165, 1.54) is 0 Å². The average molecular weight is 249 g/mol. The van der Waals surface area contributed by atoms with Crippen LogP contribution in [-0.2, 0) is 4.74 Å². The molecule has 98 valence electrons. The van der Waals surface area contributed by atoms with Crippen LogP contribution in [0.25, 0.3) is 0 Å². The predicted molar refractivity (Wildman–Crippen MR) is 69.4 cm³/mol. The third-order valence-electron chi connectivity index (χ3n) is 3.13. The molecule has 1 saturated heterocycles. The topological polar surface area (TPSA) is 47.6 Å². The minimum Gasteiger partial charge on any atom is -0.496 e. The highest BCUT2D eigenvalue weighted by molar-refractivity contribution is 6.03. The number of carbonyl (C=O) groups is 1. The number of benzene rings is 1. The Bertz CT molecular complexity index is 451. The van der Waals surface area contributed by atoms with Gasteiger partial charge < -0.3 is 14.8 Å². The molecule has 0 aromatic heterocycles. The normalized spacial score (nSPS) is 19.6. The highest BCUT2D eigenvalue weighted by Crippen LogP contribution is 2.26. The Morgan fingerprint density at radius 2 is 2.22 bits per heavy atom. The van der Waals surface area contributed by atoms with Crippen LogP contribution in [0.4, 0.5) is 0 Å². The number of nitrogens with one attached hydrogen (secondary N) is 1. The molecule has 0 radical (unpaired) electrons. The van der Waals surface area contributed by atoms with Crippen molar-refractivity contribution in [3.05, 3.63) is 28.8 Å². The maximum atomic E-state index is 12.5. The minimum atomic E-state index is -0.270. The number of ether oxygens (including phenoxy) is 2. The summed E-state index contributed by atoms with van der Waals surface area (Å²) in [7, 11) is 1.60. The number of aryl methyl sites for hydroxylation is 2. The second-order valence-corrected chi connectivity index (χ2v) is 4.61. The summed E-state index contributed by atoms with van der Waals surface area (Å²) >= 11 is 0. The molecule has 1 unspecified atom stereocenters. The van der Waals surface area contributed by atoms with Gasteiger partial charge in [0.25, 0.3) is 0 Å². The molecule has 0 bridgehead atoms. The fourth-order valence-corrected chi connectivity index (χ4v) is 2.33. The van der Waals surface area contributed by atoms with Crippen molar-refractivity contribution in [3.8, 4) is 5.75 Å². The molecule has 1 aliphatic rings. The molecule has 1 N–H and O–H groups in total. The van der Waals surface area contributed by atoms with E-state index in [1.54, 1.807) is 7.11 Å². The number of Topliss-reactive ketones (excluding diaryl/α,β-unsaturated/α-hetero) is 1. The van der Waals surface area contributed by atoms with Crippen LogP contribution in [0.1, 0.15) is 21.5 Å². The zero-order valence-corrected chi connectivity index (χ0v) is 11.1. The maximum absolute atomic E-state index is 12.5. The second kappa shape index (κ2) is 5.50. The molecule has 1 fully saturated rings. The van der Waals surface area contributed by atoms with Gasteiger partial charge in [-0.3, -0.25) is 4.79 Å². The van der Waals surface area contributed by atoms with Gasteiger partial charge in [0, 0.05) is 6.54 Å². The lowest BCUT2D eigenvalue weighted by Gasteiger charge is -2.23. The lowest BCUT2D eigenvalue weighted by Crippen LogP contribution is -2.46. The highest BCUT2D eigenvalue weighted by Gasteiger charge is 2.25. The van der Waals surface area contributed by atoms with Crippen molar-refractivity contribution in [2.45, 2.75) is 19.9 Å². The Morgan fingerprint density at radius 3 is 2.83 bits per heavy atom. The Labute approximate surface area is 107 Å². The minimum absolute atomic E-state index is 0.0401. The molecule has 0 amide bonds. The van der Waals surface area contributed by atoms with E-state index in [2.05, 4.69) is 5.32 Å². The zero-order chi connectivity index (χ0) is 13.1. The molecule has 0 saturated carbocycles. The van der Waals surface area contributed by atoms with Gasteiger partial charge in [-0.15, -0.1) is 0 Å². The van der Waals surface area contributed by atoms with Gasteiger partial charge >= 0.3 is 0 Å². The molecular weight excluding hydrogens is 230 g/mol. The summed E-state index contributed by atoms with van der Waals surface area (Å²) in [5, 5.41) is 3.18. The van der Waals surface area contributed by atoms with Crippen molar-refractivity contribution in [1.82, 2.24) is 5.32 Å². The van der Waals surface area contributed by atoms with Crippen LogP contribution < -0.4 is 10.1 Å². The predicted octanol–water partition coefficient (Wildman–Crippen LogP) is 1.48. The molecule has 1 aromatic carbocycles. The fraction of sp³-hybridized carbons (Fsp3) is 0.500. The third kappa shape index (κ3) is 2.54. The Balaban J connectivity index is 2.33. The number of methoxy groups -OCH3 is 1. The van der Waals surface area contributed by atoms with Gasteiger partial charge in [0.1, 0.15) is 5.75 Å². The Hall–Kier alpha value is -1.39. The van der Waals surface area contributed by atoms with E-state index in [-0.39, 0.29) is 11.8 Å². The molecular formula is C14H19NO3. The van der Waals surface area contributed by atoms with Crippen LogP contribution in [0.5, 0.6) is 5.75 Å². The van der Waals surface area contributed by atoms with Crippen molar-refractivity contribution in [2.75, 3.05) is 26.9 Å². The van der Waals surface area contributed by atoms with Gasteiger partial charge in [-0.1, -0.05) is 6.07 Å². The number of hydrogen-bond donors (Lipinski definition) is 1. The van der Waals surface area contributed by atoms with Crippen molar-refractivity contribution in [1.29, 1.82) is 0 Å². The van der Waals surface area contributed by atoms with Crippen molar-refractivity contribution in [3.63, 3.8) is 0 Å². The van der Waals surface area contributed by atoms with Crippen molar-refractivity contribution < 1.29 is 14.3 Å². The Kier molecular flexibility index (Phi) is 3.99. The molecule has 1 heterocycles. The van der Waals surface area contributed by atoms with E-state index >= 15 is 0 Å². The Morgan fingerprint density at radius 1 is 1.44 bits per heavy atom. The number of ketones is 1. The fourth-order valence-electron chi connectivity index (χ4n) is 2.33. The third-order valence-corrected chi connectivity index (χ3v) is 3.13. The average Bonchev–Trinajstić information content (AvgIpc) is 2.38. The summed E-state index contributed by atoms with van der Waals surface area (Å²) in [6, 6.07) is 3.62. The van der Waals surface area contributed by atoms with Gasteiger partial charge in [-0.25, -0.2) is 0 Å². The SMILES string of the molecule is COc1c(C)cc(C)cc1C(=O)C1COCCN1. The van der Waals surface area contributed by atoms with Crippen LogP contribution >= 0.6 is 0 Å². The molecule has 0 aliphatic carbocycles. The smallest absolute Gasteiger partial charge is 0.185 e. The van der Waals surface area contributed by atoms with Crippen LogP contribution in [-0.4, -0.2) is 38.7 Å². The molecule has 18 heavy (non-hydrogen) atoms. The lowest BCUT2D eigenvalue weighted by molar-refractivity contribution is 0.0605. The van der Waals surface area contributed by atoms with Gasteiger partial charge in [-0.2, -0.15) is 0 Å². The number of carbonyl (C=O) groups excluding carboxylic acids is 1. The molecule has 0 spiro atoms. The molecule has 1 aliphatic heterocycles. The van der Waals surface area contributed by atoms with Gasteiger partial charge in [-0.05, 0) is 31.0 Å². The molecule has 1 atom stereocenters. The van der Waals surface area contributed by atoms with Gasteiger partial charge in [0.15, 0.2) is 5.78 Å². The summed E-state index contributed by atoms with van der Waals surface area (Å²) in [5.74, 6) is 0.705. The molecule has 4 heteroatoms. The van der Waals surface area contributed by atoms with E-state index in [0.29, 0.717) is 31.1 Å². The van der Waals surface area contributed by atoms with E-state index in [1.807, 2.05) is 26.0 Å². The van der Waals surface area contributed by atoms with Gasteiger partial charge in [0.05, 0.1) is 31.9 Å². The molecule has 2 rings (SSSR count). The lowest BCUT2D eigenvalue weighted by atomic mass is 9.98. The van der Waals surface area contributed by atoms with E-state index in [0.717, 1.165) is 11.1 Å². The summed E-state index contributed by atoms with van der Waals surface area (Å²) in [4.78, 5) is 12.5. The first-order valence-electron chi connectivity index (χ1n) is 6.14. The summed E-state index contributed by atoms with van der Waals surface area (Å²) in [6.07, 6.45) is 0. The largest absolute Gasteiger partial charge is 0.496 e. The number of morpholine rings is 1. The monoisotopic (exact) mass is 249 g/mol. The first-order valence-corrected chi connectivity index (χ1v) is 6.14. The van der Waals surface area contributed by atoms with E-state index < -0.39 is 0 Å². The van der Waals surface area contributed by atoms with Crippen LogP contribution in [0.15, 0.2) is 12.1 Å². The summed E-state index contributed by atoms with van der Waals surface area (Å²) in [6.45, 7) is 5.73. The molecule has 1 aromatic rings. The first-order chi connectivity index (χ1) is 8.63. The summed E-state index contributed by atoms with van der Waals surface area (Å²) in [5.41, 5.74) is 2.68. The van der Waals surface area contributed by atoms with Crippen LogP contribution in [0, 0.1) is 13.8 Å². The van der Waals surface area contributed by atoms with Crippen molar-refractivity contribution in [2.24, 2.45) is 0 Å². The second-order valence-electron chi connectivity index (χ2n) is 4.61. The first kappa shape index (κ1) is 13.1. The quantitative estimate of drug-likeness (QED) is 0.824. The number of rotatable bonds is 3. The highest BCUT2D eigenvalue weighted by atomic mass is 16.5. The van der Waals surface area contributed by atoms with E-state index in [9.17, 15) is 4.79 Å². The molecule has 4 nitrogen and oxygen atoms in total. The van der Waals surface area contributed by atoms with Crippen LogP contribution in [0.3, 0.4) is 0 Å². The zero-order valence-electron chi connectivity index (χ0n) is 11.1. The standard InChI is InChI=1S/C14H19NO3/c1-9-6-10(2)14(17-3)11(7-9)13(16)12-8-18-5-4-15-12/h6-7,12,15H,4-5,8H2,1-3H3. The maximum Gasteiger partial charge on any atom is 0.185 e.